The van der Waals surface area contributed by atoms with E-state index >= 15 is 0 Å². The van der Waals surface area contributed by atoms with Crippen molar-refractivity contribution in [3.8, 4) is 5.69 Å². The maximum Gasteiger partial charge on any atom is 0.146 e. The fraction of sp³-hybridized carbons (Fsp3) is 0. The van der Waals surface area contributed by atoms with E-state index in [4.69, 9.17) is 4.98 Å². The van der Waals surface area contributed by atoms with Crippen LogP contribution in [0.4, 0.5) is 0 Å². The topological polar surface area (TPSA) is 22.2 Å². The predicted molar refractivity (Wildman–Crippen MR) is 160 cm³/mol. The number of imidazole rings is 1. The van der Waals surface area contributed by atoms with Crippen molar-refractivity contribution in [1.82, 2.24) is 14.0 Å². The molecule has 3 aromatic heterocycles. The molecule has 3 heterocycles. The van der Waals surface area contributed by atoms with Gasteiger partial charge in [-0.05, 0) is 58.6 Å². The van der Waals surface area contributed by atoms with Gasteiger partial charge < -0.3 is 4.57 Å². The summed E-state index contributed by atoms with van der Waals surface area (Å²) in [6, 6.07) is 45.8. The molecule has 0 saturated carbocycles. The number of nitrogens with zero attached hydrogens (tertiary/aromatic N) is 3. The van der Waals surface area contributed by atoms with E-state index in [2.05, 4.69) is 136 Å². The van der Waals surface area contributed by atoms with Crippen molar-refractivity contribution in [2.24, 2.45) is 0 Å². The van der Waals surface area contributed by atoms with Crippen molar-refractivity contribution in [2.75, 3.05) is 0 Å². The third-order valence-electron chi connectivity index (χ3n) is 8.05. The molecule has 0 radical (unpaired) electrons. The van der Waals surface area contributed by atoms with Crippen LogP contribution >= 0.6 is 0 Å². The number of hydrogen-bond donors (Lipinski definition) is 0. The number of rotatable bonds is 1. The third kappa shape index (κ3) is 2.50. The van der Waals surface area contributed by atoms with Crippen molar-refractivity contribution < 1.29 is 0 Å². The molecule has 0 aliphatic rings. The minimum atomic E-state index is 1.01. The second kappa shape index (κ2) is 7.21. The Bertz CT molecular complexity index is 2410. The summed E-state index contributed by atoms with van der Waals surface area (Å²) in [5.41, 5.74) is 7.94. The van der Waals surface area contributed by atoms with Crippen molar-refractivity contribution in [1.29, 1.82) is 0 Å². The zero-order valence-electron chi connectivity index (χ0n) is 20.5. The largest absolute Gasteiger partial charge is 0.309 e. The van der Waals surface area contributed by atoms with Gasteiger partial charge in [-0.15, -0.1) is 0 Å². The van der Waals surface area contributed by atoms with Gasteiger partial charge >= 0.3 is 0 Å². The lowest BCUT2D eigenvalue weighted by Crippen LogP contribution is -1.95. The van der Waals surface area contributed by atoms with Crippen molar-refractivity contribution >= 4 is 70.9 Å². The highest BCUT2D eigenvalue weighted by Gasteiger charge is 2.20. The van der Waals surface area contributed by atoms with Crippen LogP contribution in [0.5, 0.6) is 0 Å². The maximum atomic E-state index is 5.08. The van der Waals surface area contributed by atoms with Crippen LogP contribution in [0, 0.1) is 0 Å². The summed E-state index contributed by atoms with van der Waals surface area (Å²) in [6.45, 7) is 0. The molecule has 0 spiro atoms. The number of hydrogen-bond acceptors (Lipinski definition) is 1. The molecule has 0 bridgehead atoms. The molecule has 0 saturated heterocycles. The van der Waals surface area contributed by atoms with E-state index in [1.807, 2.05) is 0 Å². The highest BCUT2D eigenvalue weighted by atomic mass is 15.0. The molecule has 0 aliphatic carbocycles. The minimum absolute atomic E-state index is 1.01. The normalized spacial score (nSPS) is 12.2. The van der Waals surface area contributed by atoms with E-state index < -0.39 is 0 Å². The predicted octanol–water partition coefficient (Wildman–Crippen LogP) is 9.04. The van der Waals surface area contributed by atoms with Crippen LogP contribution in [0.1, 0.15) is 0 Å². The van der Waals surface area contributed by atoms with Crippen molar-refractivity contribution in [2.45, 2.75) is 0 Å². The molecule has 0 atom stereocenters. The molecule has 38 heavy (non-hydrogen) atoms. The van der Waals surface area contributed by atoms with E-state index in [0.717, 1.165) is 16.7 Å². The second-order valence-electron chi connectivity index (χ2n) is 10.0. The van der Waals surface area contributed by atoms with Gasteiger partial charge in [-0.25, -0.2) is 4.98 Å². The highest BCUT2D eigenvalue weighted by Crippen LogP contribution is 2.41. The Kier molecular flexibility index (Phi) is 3.79. The zero-order valence-corrected chi connectivity index (χ0v) is 20.5. The molecule has 9 aromatic rings. The van der Waals surface area contributed by atoms with E-state index in [9.17, 15) is 0 Å². The summed E-state index contributed by atoms with van der Waals surface area (Å²) in [5.74, 6) is 0. The Labute approximate surface area is 217 Å². The van der Waals surface area contributed by atoms with Crippen LogP contribution in [0.2, 0.25) is 0 Å². The maximum absolute atomic E-state index is 5.08. The van der Waals surface area contributed by atoms with Gasteiger partial charge in [0.1, 0.15) is 5.65 Å². The number of para-hydroxylation sites is 3. The number of fused-ring (bicyclic) bond motifs is 13. The molecular formula is C35H21N3. The SMILES string of the molecule is c1ccc2cc(-n3c4ccccc4c4c5c6ccccc6c6nc7ccccc7n6c5ccc43)ccc2c1. The van der Waals surface area contributed by atoms with E-state index in [-0.39, 0.29) is 0 Å². The van der Waals surface area contributed by atoms with Crippen LogP contribution in [0.3, 0.4) is 0 Å². The fourth-order valence-corrected chi connectivity index (χ4v) is 6.45. The Morgan fingerprint density at radius 2 is 1.11 bits per heavy atom. The lowest BCUT2D eigenvalue weighted by Gasteiger charge is -2.12. The number of benzene rings is 6. The molecule has 0 amide bonds. The van der Waals surface area contributed by atoms with Gasteiger partial charge in [0.05, 0.1) is 27.6 Å². The minimum Gasteiger partial charge on any atom is -0.309 e. The van der Waals surface area contributed by atoms with Crippen molar-refractivity contribution in [3.05, 3.63) is 127 Å². The van der Waals surface area contributed by atoms with Crippen molar-refractivity contribution in [3.63, 3.8) is 0 Å². The zero-order chi connectivity index (χ0) is 24.8. The summed E-state index contributed by atoms with van der Waals surface area (Å²) >= 11 is 0. The van der Waals surface area contributed by atoms with Gasteiger partial charge in [-0.3, -0.25) is 4.40 Å². The van der Waals surface area contributed by atoms with Gasteiger partial charge in [-0.2, -0.15) is 0 Å². The van der Waals surface area contributed by atoms with Gasteiger partial charge in [0.25, 0.3) is 0 Å². The summed E-state index contributed by atoms with van der Waals surface area (Å²) < 4.78 is 4.76. The number of pyridine rings is 1. The Hall–Kier alpha value is -5.15. The first-order valence-corrected chi connectivity index (χ1v) is 13.0. The first kappa shape index (κ1) is 20.0. The van der Waals surface area contributed by atoms with E-state index in [0.29, 0.717) is 0 Å². The average molecular weight is 484 g/mol. The lowest BCUT2D eigenvalue weighted by atomic mass is 10.0. The van der Waals surface area contributed by atoms with Gasteiger partial charge in [0.15, 0.2) is 0 Å². The highest BCUT2D eigenvalue weighted by molar-refractivity contribution is 6.29. The molecule has 0 unspecified atom stereocenters. The third-order valence-corrected chi connectivity index (χ3v) is 8.05. The summed E-state index contributed by atoms with van der Waals surface area (Å²) in [7, 11) is 0. The summed E-state index contributed by atoms with van der Waals surface area (Å²) in [5, 5.41) is 8.71. The van der Waals surface area contributed by atoms with Crippen LogP contribution in [0.15, 0.2) is 127 Å². The van der Waals surface area contributed by atoms with Gasteiger partial charge in [-0.1, -0.05) is 84.9 Å². The molecule has 9 rings (SSSR count). The summed E-state index contributed by atoms with van der Waals surface area (Å²) in [6.07, 6.45) is 0. The monoisotopic (exact) mass is 483 g/mol. The first-order chi connectivity index (χ1) is 18.9. The smallest absolute Gasteiger partial charge is 0.146 e. The van der Waals surface area contributed by atoms with Gasteiger partial charge in [0, 0.05) is 27.2 Å². The van der Waals surface area contributed by atoms with Crippen LogP contribution in [0.25, 0.3) is 76.6 Å². The van der Waals surface area contributed by atoms with Crippen LogP contribution < -0.4 is 0 Å². The lowest BCUT2D eigenvalue weighted by molar-refractivity contribution is 1.19. The molecular weight excluding hydrogens is 462 g/mol. The van der Waals surface area contributed by atoms with E-state index in [1.54, 1.807) is 0 Å². The van der Waals surface area contributed by atoms with Crippen LogP contribution in [-0.2, 0) is 0 Å². The molecule has 3 heteroatoms. The quantitative estimate of drug-likeness (QED) is 0.214. The fourth-order valence-electron chi connectivity index (χ4n) is 6.45. The molecule has 176 valence electrons. The first-order valence-electron chi connectivity index (χ1n) is 13.0. The van der Waals surface area contributed by atoms with Crippen LogP contribution in [-0.4, -0.2) is 14.0 Å². The van der Waals surface area contributed by atoms with Gasteiger partial charge in [0.2, 0.25) is 0 Å². The molecule has 3 nitrogen and oxygen atoms in total. The molecule has 0 N–H and O–H groups in total. The standard InChI is InChI=1S/C35H21N3/c1-2-10-23-21-24(18-17-22(23)9-1)37-29-15-7-5-13-27(29)34-31(37)19-20-32-33(34)25-11-3-4-12-26(25)35-36-28-14-6-8-16-30(28)38(32)35/h1-21H. The number of aromatic nitrogens is 3. The average Bonchev–Trinajstić information content (AvgIpc) is 3.53. The molecule has 0 fully saturated rings. The van der Waals surface area contributed by atoms with E-state index in [1.165, 1.54) is 59.9 Å². The second-order valence-corrected chi connectivity index (χ2v) is 10.0. The Balaban J connectivity index is 1.54. The Morgan fingerprint density at radius 3 is 2.00 bits per heavy atom. The summed E-state index contributed by atoms with van der Waals surface area (Å²) in [4.78, 5) is 5.08. The molecule has 6 aromatic carbocycles. The Morgan fingerprint density at radius 1 is 0.447 bits per heavy atom. The molecule has 0 aliphatic heterocycles.